The third-order valence-corrected chi connectivity index (χ3v) is 4.35. The molecule has 2 atom stereocenters. The van der Waals surface area contributed by atoms with E-state index in [1.165, 1.54) is 18.2 Å². The molecule has 19 heavy (non-hydrogen) atoms. The van der Waals surface area contributed by atoms with Crippen molar-refractivity contribution in [1.82, 2.24) is 10.3 Å². The summed E-state index contributed by atoms with van der Waals surface area (Å²) in [7, 11) is 0. The molecule has 1 aromatic rings. The van der Waals surface area contributed by atoms with Crippen LogP contribution in [0.5, 0.6) is 0 Å². The zero-order valence-electron chi connectivity index (χ0n) is 10.6. The predicted octanol–water partition coefficient (Wildman–Crippen LogP) is 1.79. The van der Waals surface area contributed by atoms with Crippen LogP contribution < -0.4 is 5.32 Å². The summed E-state index contributed by atoms with van der Waals surface area (Å²) in [5.74, 6) is -1.42. The topological polar surface area (TPSA) is 79.3 Å². The van der Waals surface area contributed by atoms with E-state index in [1.807, 2.05) is 11.8 Å². The highest BCUT2D eigenvalue weighted by Gasteiger charge is 2.25. The summed E-state index contributed by atoms with van der Waals surface area (Å²) < 4.78 is 0. The number of nitrogens with one attached hydrogen (secondary N) is 1. The molecule has 0 aromatic carbocycles. The van der Waals surface area contributed by atoms with Crippen LogP contribution >= 0.6 is 11.8 Å². The van der Waals surface area contributed by atoms with E-state index in [-0.39, 0.29) is 23.3 Å². The number of carboxylic acids is 1. The number of pyridine rings is 1. The molecule has 1 fully saturated rings. The van der Waals surface area contributed by atoms with Crippen molar-refractivity contribution in [1.29, 1.82) is 0 Å². The molecule has 1 saturated carbocycles. The van der Waals surface area contributed by atoms with E-state index < -0.39 is 5.97 Å². The van der Waals surface area contributed by atoms with Crippen LogP contribution in [-0.2, 0) is 0 Å². The summed E-state index contributed by atoms with van der Waals surface area (Å²) in [6.07, 6.45) is 5.11. The van der Waals surface area contributed by atoms with Crippen LogP contribution in [0.1, 0.15) is 40.2 Å². The molecule has 5 nitrogen and oxygen atoms in total. The maximum atomic E-state index is 12.0. The summed E-state index contributed by atoms with van der Waals surface area (Å²) in [6, 6.07) is 4.60. The maximum absolute atomic E-state index is 12.0. The summed E-state index contributed by atoms with van der Waals surface area (Å²) in [6.45, 7) is 0. The number of aromatic nitrogens is 1. The minimum atomic E-state index is -1.13. The molecule has 1 heterocycles. The van der Waals surface area contributed by atoms with Crippen molar-refractivity contribution in [3.05, 3.63) is 29.6 Å². The number of hydrogen-bond acceptors (Lipinski definition) is 4. The van der Waals surface area contributed by atoms with E-state index >= 15 is 0 Å². The van der Waals surface area contributed by atoms with Crippen molar-refractivity contribution < 1.29 is 14.7 Å². The van der Waals surface area contributed by atoms with E-state index in [1.54, 1.807) is 0 Å². The second-order valence-corrected chi connectivity index (χ2v) is 5.69. The van der Waals surface area contributed by atoms with E-state index in [0.717, 1.165) is 19.3 Å². The van der Waals surface area contributed by atoms with Gasteiger partial charge in [-0.1, -0.05) is 6.07 Å². The molecule has 0 radical (unpaired) electrons. The van der Waals surface area contributed by atoms with Gasteiger partial charge >= 0.3 is 5.97 Å². The minimum Gasteiger partial charge on any atom is -0.477 e. The van der Waals surface area contributed by atoms with E-state index in [2.05, 4.69) is 16.6 Å². The minimum absolute atomic E-state index is 0.110. The normalized spacial score (nSPS) is 22.2. The largest absolute Gasteiger partial charge is 0.477 e. The number of carbonyl (C=O) groups excluding carboxylic acids is 1. The van der Waals surface area contributed by atoms with Crippen molar-refractivity contribution in [2.24, 2.45) is 0 Å². The summed E-state index contributed by atoms with van der Waals surface area (Å²) in [5.41, 5.74) is 0.0496. The lowest BCUT2D eigenvalue weighted by atomic mass is 10.2. The molecule has 2 rings (SSSR count). The van der Waals surface area contributed by atoms with Crippen LogP contribution in [-0.4, -0.2) is 39.5 Å². The van der Waals surface area contributed by atoms with Crippen LogP contribution in [0.25, 0.3) is 0 Å². The second-order valence-electron chi connectivity index (χ2n) is 4.55. The molecule has 102 valence electrons. The molecular weight excluding hydrogens is 264 g/mol. The van der Waals surface area contributed by atoms with Crippen molar-refractivity contribution in [2.75, 3.05) is 6.26 Å². The Balaban J connectivity index is 2.00. The monoisotopic (exact) mass is 280 g/mol. The fraction of sp³-hybridized carbons (Fsp3) is 0.462. The Morgan fingerprint density at radius 3 is 2.74 bits per heavy atom. The molecule has 0 bridgehead atoms. The lowest BCUT2D eigenvalue weighted by molar-refractivity contribution is 0.0690. The number of carbonyl (C=O) groups is 2. The number of nitrogens with zero attached hydrogens (tertiary/aromatic N) is 1. The molecule has 1 amide bonds. The molecule has 0 saturated heterocycles. The van der Waals surface area contributed by atoms with Crippen LogP contribution in [0.4, 0.5) is 0 Å². The van der Waals surface area contributed by atoms with Gasteiger partial charge in [-0.25, -0.2) is 9.78 Å². The standard InChI is InChI=1S/C13H16N2O3S/c1-19-9-6-5-8(7-9)14-12(16)10-3-2-4-11(15-10)13(17)18/h2-4,8-9H,5-7H2,1H3,(H,14,16)(H,17,18). The van der Waals surface area contributed by atoms with Gasteiger partial charge in [-0.2, -0.15) is 11.8 Å². The number of hydrogen-bond donors (Lipinski definition) is 2. The Hall–Kier alpha value is -1.56. The first-order chi connectivity index (χ1) is 9.10. The number of thioether (sulfide) groups is 1. The Bertz CT molecular complexity index is 493. The van der Waals surface area contributed by atoms with Crippen LogP contribution in [0, 0.1) is 0 Å². The van der Waals surface area contributed by atoms with Gasteiger partial charge in [-0.05, 0) is 37.7 Å². The summed E-state index contributed by atoms with van der Waals surface area (Å²) in [4.78, 5) is 26.6. The summed E-state index contributed by atoms with van der Waals surface area (Å²) in [5, 5.41) is 12.4. The Kier molecular flexibility index (Phi) is 4.42. The molecule has 6 heteroatoms. The lowest BCUT2D eigenvalue weighted by Crippen LogP contribution is -2.33. The van der Waals surface area contributed by atoms with Gasteiger partial charge in [-0.3, -0.25) is 4.79 Å². The molecular formula is C13H16N2O3S. The van der Waals surface area contributed by atoms with E-state index in [0.29, 0.717) is 5.25 Å². The van der Waals surface area contributed by atoms with Crippen LogP contribution in [0.15, 0.2) is 18.2 Å². The SMILES string of the molecule is CSC1CCC(NC(=O)c2cccc(C(=O)O)n2)C1. The van der Waals surface area contributed by atoms with Gasteiger partial charge in [-0.15, -0.1) is 0 Å². The number of amides is 1. The van der Waals surface area contributed by atoms with Crippen molar-refractivity contribution in [2.45, 2.75) is 30.6 Å². The smallest absolute Gasteiger partial charge is 0.354 e. The Morgan fingerprint density at radius 2 is 2.11 bits per heavy atom. The van der Waals surface area contributed by atoms with Gasteiger partial charge in [0.25, 0.3) is 5.91 Å². The first-order valence-electron chi connectivity index (χ1n) is 6.14. The fourth-order valence-corrected chi connectivity index (χ4v) is 3.02. The molecule has 1 aliphatic rings. The second kappa shape index (κ2) is 6.06. The van der Waals surface area contributed by atoms with Gasteiger partial charge in [0.15, 0.2) is 0 Å². The first-order valence-corrected chi connectivity index (χ1v) is 7.43. The fourth-order valence-electron chi connectivity index (χ4n) is 2.22. The quantitative estimate of drug-likeness (QED) is 0.879. The molecule has 1 aliphatic carbocycles. The predicted molar refractivity (Wildman–Crippen MR) is 73.6 cm³/mol. The van der Waals surface area contributed by atoms with Crippen molar-refractivity contribution >= 4 is 23.6 Å². The first kappa shape index (κ1) is 13.9. The van der Waals surface area contributed by atoms with Gasteiger partial charge in [0, 0.05) is 11.3 Å². The molecule has 2 N–H and O–H groups in total. The van der Waals surface area contributed by atoms with Crippen LogP contribution in [0.2, 0.25) is 0 Å². The van der Waals surface area contributed by atoms with Gasteiger partial charge in [0.1, 0.15) is 11.4 Å². The maximum Gasteiger partial charge on any atom is 0.354 e. The highest BCUT2D eigenvalue weighted by Crippen LogP contribution is 2.28. The van der Waals surface area contributed by atoms with Gasteiger partial charge < -0.3 is 10.4 Å². The van der Waals surface area contributed by atoms with Crippen LogP contribution in [0.3, 0.4) is 0 Å². The summed E-state index contributed by atoms with van der Waals surface area (Å²) >= 11 is 1.82. The van der Waals surface area contributed by atoms with E-state index in [9.17, 15) is 9.59 Å². The zero-order chi connectivity index (χ0) is 13.8. The average molecular weight is 280 g/mol. The molecule has 2 unspecified atom stereocenters. The van der Waals surface area contributed by atoms with Crippen molar-refractivity contribution in [3.8, 4) is 0 Å². The third-order valence-electron chi connectivity index (χ3n) is 3.25. The zero-order valence-corrected chi connectivity index (χ0v) is 11.4. The molecule has 0 spiro atoms. The highest BCUT2D eigenvalue weighted by molar-refractivity contribution is 7.99. The molecule has 1 aromatic heterocycles. The third kappa shape index (κ3) is 3.47. The Labute approximate surface area is 115 Å². The number of aromatic carboxylic acids is 1. The number of carboxylic acid groups (broad SMARTS) is 1. The molecule has 0 aliphatic heterocycles. The van der Waals surface area contributed by atoms with Crippen molar-refractivity contribution in [3.63, 3.8) is 0 Å². The lowest BCUT2D eigenvalue weighted by Gasteiger charge is -2.12. The average Bonchev–Trinajstić information content (AvgIpc) is 2.86. The van der Waals surface area contributed by atoms with Gasteiger partial charge in [0.05, 0.1) is 0 Å². The number of rotatable bonds is 4. The van der Waals surface area contributed by atoms with E-state index in [4.69, 9.17) is 5.11 Å². The highest BCUT2D eigenvalue weighted by atomic mass is 32.2. The van der Waals surface area contributed by atoms with Gasteiger partial charge in [0.2, 0.25) is 0 Å². The Morgan fingerprint density at radius 1 is 1.37 bits per heavy atom.